The van der Waals surface area contributed by atoms with E-state index in [1.807, 2.05) is 36.4 Å². The van der Waals surface area contributed by atoms with E-state index in [2.05, 4.69) is 11.0 Å². The number of hydrogen-bond acceptors (Lipinski definition) is 3. The van der Waals surface area contributed by atoms with E-state index >= 15 is 0 Å². The third-order valence-electron chi connectivity index (χ3n) is 3.84. The van der Waals surface area contributed by atoms with Crippen LogP contribution in [-0.2, 0) is 13.0 Å². The summed E-state index contributed by atoms with van der Waals surface area (Å²) in [5.41, 5.74) is 3.41. The van der Waals surface area contributed by atoms with Crippen molar-refractivity contribution < 1.29 is 9.47 Å². The Morgan fingerprint density at radius 2 is 1.90 bits per heavy atom. The summed E-state index contributed by atoms with van der Waals surface area (Å²) in [6, 6.07) is 11.9. The number of fused-ring (bicyclic) bond motifs is 3. The van der Waals surface area contributed by atoms with Gasteiger partial charge in [-0.3, -0.25) is 0 Å². The van der Waals surface area contributed by atoms with Crippen molar-refractivity contribution >= 4 is 17.3 Å². The van der Waals surface area contributed by atoms with Crippen molar-refractivity contribution in [2.24, 2.45) is 0 Å². The Hall–Kier alpha value is -2.13. The number of anilines is 1. The molecule has 106 valence electrons. The summed E-state index contributed by atoms with van der Waals surface area (Å²) in [7, 11) is 0. The summed E-state index contributed by atoms with van der Waals surface area (Å²) in [5.74, 6) is 1.85. The van der Waals surface area contributed by atoms with Crippen molar-refractivity contribution in [1.82, 2.24) is 0 Å². The van der Waals surface area contributed by atoms with Gasteiger partial charge in [-0.15, -0.1) is 0 Å². The highest BCUT2D eigenvalue weighted by atomic mass is 35.5. The fourth-order valence-electron chi connectivity index (χ4n) is 2.74. The van der Waals surface area contributed by atoms with E-state index in [1.54, 1.807) is 6.26 Å². The van der Waals surface area contributed by atoms with Crippen molar-refractivity contribution in [3.63, 3.8) is 0 Å². The van der Waals surface area contributed by atoms with Crippen molar-refractivity contribution in [3.8, 4) is 11.5 Å². The molecule has 0 saturated carbocycles. The predicted octanol–water partition coefficient (Wildman–Crippen LogP) is 4.15. The molecular formula is C17H14ClNO2. The van der Waals surface area contributed by atoms with Gasteiger partial charge in [-0.1, -0.05) is 17.7 Å². The Kier molecular flexibility index (Phi) is 3.00. The van der Waals surface area contributed by atoms with Crippen LogP contribution in [0.15, 0.2) is 48.7 Å². The number of allylic oxidation sites excluding steroid dienone is 1. The third kappa shape index (κ3) is 2.24. The Bertz CT molecular complexity index is 709. The fraction of sp³-hybridized carbons (Fsp3) is 0.176. The van der Waals surface area contributed by atoms with Crippen LogP contribution < -0.4 is 14.4 Å². The molecule has 0 atom stereocenters. The van der Waals surface area contributed by atoms with E-state index < -0.39 is 0 Å². The first-order chi connectivity index (χ1) is 10.3. The number of halogens is 1. The number of nitrogens with zero attached hydrogens (tertiary/aromatic N) is 1. The Balaban J connectivity index is 1.69. The zero-order chi connectivity index (χ0) is 14.2. The van der Waals surface area contributed by atoms with E-state index in [0.29, 0.717) is 6.73 Å². The van der Waals surface area contributed by atoms with Crippen molar-refractivity contribution in [1.29, 1.82) is 0 Å². The molecule has 4 heteroatoms. The lowest BCUT2D eigenvalue weighted by molar-refractivity contribution is 0.284. The molecule has 2 aromatic carbocycles. The third-order valence-corrected chi connectivity index (χ3v) is 4.09. The number of benzene rings is 2. The molecule has 4 rings (SSSR count). The molecule has 3 nitrogen and oxygen atoms in total. The van der Waals surface area contributed by atoms with Crippen LogP contribution in [0.25, 0.3) is 0 Å². The van der Waals surface area contributed by atoms with Crippen molar-refractivity contribution in [2.45, 2.75) is 13.0 Å². The summed E-state index contributed by atoms with van der Waals surface area (Å²) in [4.78, 5) is 2.17. The maximum Gasteiger partial charge on any atom is 0.161 e. The van der Waals surface area contributed by atoms with Gasteiger partial charge in [0.25, 0.3) is 0 Å². The van der Waals surface area contributed by atoms with Crippen LogP contribution in [0.1, 0.15) is 11.1 Å². The summed E-state index contributed by atoms with van der Waals surface area (Å²) >= 11 is 5.95. The summed E-state index contributed by atoms with van der Waals surface area (Å²) < 4.78 is 11.6. The van der Waals surface area contributed by atoms with E-state index in [1.165, 1.54) is 5.56 Å². The summed E-state index contributed by atoms with van der Waals surface area (Å²) in [6.45, 7) is 1.30. The molecule has 2 heterocycles. The molecule has 0 aliphatic carbocycles. The van der Waals surface area contributed by atoms with E-state index in [4.69, 9.17) is 21.1 Å². The van der Waals surface area contributed by atoms with E-state index in [0.717, 1.165) is 40.7 Å². The molecule has 0 unspecified atom stereocenters. The van der Waals surface area contributed by atoms with Gasteiger partial charge in [0.05, 0.1) is 18.4 Å². The average Bonchev–Trinajstić information content (AvgIpc) is 2.55. The first kappa shape index (κ1) is 12.6. The van der Waals surface area contributed by atoms with Gasteiger partial charge in [0.15, 0.2) is 6.73 Å². The second-order valence-corrected chi connectivity index (χ2v) is 5.61. The largest absolute Gasteiger partial charge is 0.473 e. The molecule has 0 saturated heterocycles. The summed E-state index contributed by atoms with van der Waals surface area (Å²) in [6.07, 6.45) is 4.68. The lowest BCUT2D eigenvalue weighted by Gasteiger charge is -2.32. The van der Waals surface area contributed by atoms with E-state index in [-0.39, 0.29) is 0 Å². The van der Waals surface area contributed by atoms with Gasteiger partial charge in [-0.25, -0.2) is 0 Å². The monoisotopic (exact) mass is 299 g/mol. The number of ether oxygens (including phenoxy) is 2. The van der Waals surface area contributed by atoms with Gasteiger partial charge in [0.1, 0.15) is 11.5 Å². The minimum Gasteiger partial charge on any atom is -0.473 e. The Morgan fingerprint density at radius 3 is 2.76 bits per heavy atom. The topological polar surface area (TPSA) is 21.7 Å². The molecule has 0 bridgehead atoms. The standard InChI is InChI=1S/C17H14ClNO2/c18-13-4-6-14(7-5-13)19-10-15-16(21-11-19)8-3-12-2-1-9-20-17(12)15/h1,3-9H,2,10-11H2. The highest BCUT2D eigenvalue weighted by Crippen LogP contribution is 2.39. The molecule has 21 heavy (non-hydrogen) atoms. The van der Waals surface area contributed by atoms with Gasteiger partial charge in [-0.05, 0) is 48.4 Å². The molecule has 2 aromatic rings. The Labute approximate surface area is 128 Å². The summed E-state index contributed by atoms with van der Waals surface area (Å²) in [5, 5.41) is 0.739. The highest BCUT2D eigenvalue weighted by Gasteiger charge is 2.24. The van der Waals surface area contributed by atoms with Crippen LogP contribution in [0, 0.1) is 0 Å². The second-order valence-electron chi connectivity index (χ2n) is 5.17. The second kappa shape index (κ2) is 5.01. The lowest BCUT2D eigenvalue weighted by atomic mass is 10.0. The molecule has 2 aliphatic rings. The Morgan fingerprint density at radius 1 is 1.05 bits per heavy atom. The maximum absolute atomic E-state index is 5.95. The van der Waals surface area contributed by atoms with Crippen LogP contribution in [0.3, 0.4) is 0 Å². The SMILES string of the molecule is Clc1ccc(N2COc3ccc4c(c3C2)OC=CC4)cc1. The van der Waals surface area contributed by atoms with Crippen LogP contribution >= 0.6 is 11.6 Å². The first-order valence-electron chi connectivity index (χ1n) is 6.91. The average molecular weight is 300 g/mol. The fourth-order valence-corrected chi connectivity index (χ4v) is 2.87. The predicted molar refractivity (Wildman–Crippen MR) is 83.0 cm³/mol. The molecule has 0 aromatic heterocycles. The molecule has 0 spiro atoms. The zero-order valence-electron chi connectivity index (χ0n) is 11.4. The number of rotatable bonds is 1. The molecule has 2 aliphatic heterocycles. The van der Waals surface area contributed by atoms with Crippen LogP contribution in [0.2, 0.25) is 5.02 Å². The van der Waals surface area contributed by atoms with E-state index in [9.17, 15) is 0 Å². The quantitative estimate of drug-likeness (QED) is 0.790. The van der Waals surface area contributed by atoms with Gasteiger partial charge in [0.2, 0.25) is 0 Å². The number of hydrogen-bond donors (Lipinski definition) is 0. The lowest BCUT2D eigenvalue weighted by Crippen LogP contribution is -2.32. The first-order valence-corrected chi connectivity index (χ1v) is 7.29. The molecule has 0 amide bonds. The van der Waals surface area contributed by atoms with Gasteiger partial charge in [-0.2, -0.15) is 0 Å². The van der Waals surface area contributed by atoms with Gasteiger partial charge < -0.3 is 14.4 Å². The highest BCUT2D eigenvalue weighted by molar-refractivity contribution is 6.30. The maximum atomic E-state index is 5.95. The van der Waals surface area contributed by atoms with Crippen molar-refractivity contribution in [2.75, 3.05) is 11.6 Å². The van der Waals surface area contributed by atoms with Crippen LogP contribution in [-0.4, -0.2) is 6.73 Å². The van der Waals surface area contributed by atoms with Gasteiger partial charge in [0, 0.05) is 10.7 Å². The molecule has 0 N–H and O–H groups in total. The minimum absolute atomic E-state index is 0.531. The molecule has 0 radical (unpaired) electrons. The normalized spacial score (nSPS) is 15.8. The minimum atomic E-state index is 0.531. The smallest absolute Gasteiger partial charge is 0.161 e. The van der Waals surface area contributed by atoms with Crippen molar-refractivity contribution in [3.05, 3.63) is 64.9 Å². The molecular weight excluding hydrogens is 286 g/mol. The van der Waals surface area contributed by atoms with Crippen LogP contribution in [0.4, 0.5) is 5.69 Å². The van der Waals surface area contributed by atoms with Gasteiger partial charge >= 0.3 is 0 Å². The van der Waals surface area contributed by atoms with Crippen LogP contribution in [0.5, 0.6) is 11.5 Å². The zero-order valence-corrected chi connectivity index (χ0v) is 12.1. The molecule has 0 fully saturated rings.